The van der Waals surface area contributed by atoms with Gasteiger partial charge in [0, 0.05) is 13.0 Å². The maximum atomic E-state index is 11.7. The minimum atomic E-state index is -4.52. The summed E-state index contributed by atoms with van der Waals surface area (Å²) in [6.07, 6.45) is -0.443. The molecule has 0 aliphatic carbocycles. The van der Waals surface area contributed by atoms with Gasteiger partial charge in [0.05, 0.1) is 0 Å². The van der Waals surface area contributed by atoms with E-state index < -0.39 is 42.7 Å². The molecule has 0 aromatic carbocycles. The summed E-state index contributed by atoms with van der Waals surface area (Å²) in [5.74, 6) is 0. The van der Waals surface area contributed by atoms with Gasteiger partial charge in [-0.25, -0.2) is 27.1 Å². The van der Waals surface area contributed by atoms with Gasteiger partial charge >= 0.3 is 0 Å². The Morgan fingerprint density at radius 1 is 1.06 bits per heavy atom. The Morgan fingerprint density at radius 3 is 1.56 bits per heavy atom. The average Bonchev–Trinajstić information content (AvgIpc) is 2.09. The number of primary sulfonamides is 2. The average molecular weight is 303 g/mol. The number of nitrogens with two attached hydrogens (primary N) is 2. The summed E-state index contributed by atoms with van der Waals surface area (Å²) in [4.78, 5) is 0.940. The van der Waals surface area contributed by atoms with Crippen LogP contribution in [0.25, 0.3) is 0 Å². The fourth-order valence-electron chi connectivity index (χ4n) is 1.69. The van der Waals surface area contributed by atoms with E-state index in [4.69, 9.17) is 10.3 Å². The van der Waals surface area contributed by atoms with Gasteiger partial charge in [0.25, 0.3) is 4.20 Å². The standard InChI is InChI=1S/C8H21N3O5S2/c1-7(2,6-12)5-8(11(3)4,17(9,13)14)18(10,15)16/h12H,5-6H2,1-4H3,(H2,9,13,14)(H2,10,15,16). The van der Waals surface area contributed by atoms with Gasteiger partial charge in [0.15, 0.2) is 0 Å². The molecule has 0 atom stereocenters. The van der Waals surface area contributed by atoms with Crippen molar-refractivity contribution in [2.45, 2.75) is 24.5 Å². The van der Waals surface area contributed by atoms with Crippen LogP contribution >= 0.6 is 0 Å². The first kappa shape index (κ1) is 17.7. The molecule has 18 heavy (non-hydrogen) atoms. The smallest absolute Gasteiger partial charge is 0.253 e. The Kier molecular flexibility index (Phi) is 4.95. The van der Waals surface area contributed by atoms with E-state index in [-0.39, 0.29) is 0 Å². The molecule has 8 nitrogen and oxygen atoms in total. The van der Waals surface area contributed by atoms with Crippen LogP contribution in [-0.4, -0.2) is 51.7 Å². The van der Waals surface area contributed by atoms with Crippen LogP contribution in [0.4, 0.5) is 0 Å². The Morgan fingerprint density at radius 2 is 1.39 bits per heavy atom. The topological polar surface area (TPSA) is 144 Å². The summed E-state index contributed by atoms with van der Waals surface area (Å²) in [5.41, 5.74) is -0.983. The lowest BCUT2D eigenvalue weighted by atomic mass is 9.90. The maximum absolute atomic E-state index is 11.7. The molecule has 0 aliphatic rings. The van der Waals surface area contributed by atoms with Crippen molar-refractivity contribution in [2.24, 2.45) is 15.7 Å². The first-order valence-corrected chi connectivity index (χ1v) is 8.13. The third-order valence-electron chi connectivity index (χ3n) is 2.70. The highest BCUT2D eigenvalue weighted by Crippen LogP contribution is 2.36. The molecule has 0 heterocycles. The number of rotatable bonds is 6. The van der Waals surface area contributed by atoms with Crippen molar-refractivity contribution in [3.63, 3.8) is 0 Å². The lowest BCUT2D eigenvalue weighted by Crippen LogP contribution is -2.63. The van der Waals surface area contributed by atoms with Gasteiger partial charge in [-0.05, 0) is 19.5 Å². The molecule has 0 aromatic heterocycles. The molecule has 5 N–H and O–H groups in total. The van der Waals surface area contributed by atoms with Gasteiger partial charge in [-0.15, -0.1) is 0 Å². The van der Waals surface area contributed by atoms with E-state index in [1.807, 2.05) is 0 Å². The molecule has 0 aliphatic heterocycles. The van der Waals surface area contributed by atoms with Crippen molar-refractivity contribution < 1.29 is 21.9 Å². The Bertz CT molecular complexity index is 463. The second-order valence-corrected chi connectivity index (χ2v) is 8.99. The lowest BCUT2D eigenvalue weighted by Gasteiger charge is -2.39. The highest BCUT2D eigenvalue weighted by Gasteiger charge is 2.56. The van der Waals surface area contributed by atoms with Crippen molar-refractivity contribution in [3.8, 4) is 0 Å². The summed E-state index contributed by atoms with van der Waals surface area (Å²) in [6.45, 7) is 2.62. The molecule has 0 saturated carbocycles. The number of nitrogens with zero attached hydrogens (tertiary/aromatic N) is 1. The summed E-state index contributed by atoms with van der Waals surface area (Å²) >= 11 is 0. The second kappa shape index (κ2) is 5.02. The summed E-state index contributed by atoms with van der Waals surface area (Å²) in [5, 5.41) is 19.3. The Balaban J connectivity index is 6.18. The molecule has 0 fully saturated rings. The number of aliphatic hydroxyl groups excluding tert-OH is 1. The van der Waals surface area contributed by atoms with E-state index in [9.17, 15) is 21.9 Å². The molecule has 110 valence electrons. The number of hydrogen-bond donors (Lipinski definition) is 3. The van der Waals surface area contributed by atoms with E-state index in [1.54, 1.807) is 0 Å². The van der Waals surface area contributed by atoms with Crippen molar-refractivity contribution in [2.75, 3.05) is 20.7 Å². The van der Waals surface area contributed by atoms with Crippen LogP contribution in [0.2, 0.25) is 0 Å². The first-order chi connectivity index (χ1) is 7.71. The van der Waals surface area contributed by atoms with Crippen LogP contribution in [0.15, 0.2) is 0 Å². The van der Waals surface area contributed by atoms with E-state index in [1.165, 1.54) is 27.9 Å². The summed E-state index contributed by atoms with van der Waals surface area (Å²) in [7, 11) is -6.55. The third-order valence-corrected chi connectivity index (χ3v) is 6.89. The molecule has 10 heteroatoms. The quantitative estimate of drug-likeness (QED) is 0.527. The van der Waals surface area contributed by atoms with Crippen LogP contribution in [0.3, 0.4) is 0 Å². The van der Waals surface area contributed by atoms with E-state index in [2.05, 4.69) is 0 Å². The fourth-order valence-corrected chi connectivity index (χ4v) is 5.19. The Hall–Kier alpha value is -0.260. The van der Waals surface area contributed by atoms with Gasteiger partial charge < -0.3 is 5.11 Å². The number of sulfonamides is 2. The third kappa shape index (κ3) is 3.19. The lowest BCUT2D eigenvalue weighted by molar-refractivity contribution is 0.121. The SMILES string of the molecule is CN(C)C(CC(C)(C)CO)(S(N)(=O)=O)S(N)(=O)=O. The van der Waals surface area contributed by atoms with Gasteiger partial charge in [-0.2, -0.15) is 0 Å². The van der Waals surface area contributed by atoms with E-state index >= 15 is 0 Å². The highest BCUT2D eigenvalue weighted by atomic mass is 32.3. The second-order valence-electron chi connectivity index (χ2n) is 5.20. The predicted octanol–water partition coefficient (Wildman–Crippen LogP) is -1.81. The molecule has 0 bridgehead atoms. The maximum Gasteiger partial charge on any atom is 0.253 e. The Labute approximate surface area is 108 Å². The zero-order valence-electron chi connectivity index (χ0n) is 10.9. The van der Waals surface area contributed by atoms with Crippen LogP contribution in [0.5, 0.6) is 0 Å². The van der Waals surface area contributed by atoms with Crippen molar-refractivity contribution >= 4 is 20.0 Å². The monoisotopic (exact) mass is 303 g/mol. The van der Waals surface area contributed by atoms with Crippen LogP contribution < -0.4 is 10.3 Å². The minimum Gasteiger partial charge on any atom is -0.396 e. The predicted molar refractivity (Wildman–Crippen MR) is 68.1 cm³/mol. The molecule has 0 unspecified atom stereocenters. The normalized spacial score (nSPS) is 15.1. The molecule has 0 spiro atoms. The number of aliphatic hydroxyl groups is 1. The van der Waals surface area contributed by atoms with Crippen LogP contribution in [-0.2, 0) is 20.0 Å². The molecule has 0 saturated heterocycles. The van der Waals surface area contributed by atoms with Gasteiger partial charge in [0.2, 0.25) is 20.0 Å². The van der Waals surface area contributed by atoms with Crippen LogP contribution in [0, 0.1) is 5.41 Å². The molecular weight excluding hydrogens is 282 g/mol. The molecule has 0 amide bonds. The largest absolute Gasteiger partial charge is 0.396 e. The first-order valence-electron chi connectivity index (χ1n) is 5.04. The van der Waals surface area contributed by atoms with Crippen molar-refractivity contribution in [1.82, 2.24) is 4.90 Å². The zero-order valence-corrected chi connectivity index (χ0v) is 12.5. The highest BCUT2D eigenvalue weighted by molar-refractivity contribution is 8.08. The number of hydrogen-bond acceptors (Lipinski definition) is 6. The molecule has 0 rings (SSSR count). The molecule has 0 aromatic rings. The molecule has 0 radical (unpaired) electrons. The van der Waals surface area contributed by atoms with E-state index in [0.29, 0.717) is 0 Å². The van der Waals surface area contributed by atoms with E-state index in [0.717, 1.165) is 4.90 Å². The van der Waals surface area contributed by atoms with Crippen molar-refractivity contribution in [3.05, 3.63) is 0 Å². The molecular formula is C8H21N3O5S2. The van der Waals surface area contributed by atoms with Gasteiger partial charge in [-0.3, -0.25) is 4.90 Å². The van der Waals surface area contributed by atoms with Gasteiger partial charge in [-0.1, -0.05) is 13.8 Å². The van der Waals surface area contributed by atoms with Gasteiger partial charge in [0.1, 0.15) is 0 Å². The summed E-state index contributed by atoms with van der Waals surface area (Å²) < 4.78 is 44.5. The van der Waals surface area contributed by atoms with Crippen molar-refractivity contribution in [1.29, 1.82) is 0 Å². The summed E-state index contributed by atoms with van der Waals surface area (Å²) in [6, 6.07) is 0. The minimum absolute atomic E-state index is 0.409. The van der Waals surface area contributed by atoms with Crippen LogP contribution in [0.1, 0.15) is 20.3 Å². The fraction of sp³-hybridized carbons (Fsp3) is 1.00. The zero-order chi connectivity index (χ0) is 15.0.